The van der Waals surface area contributed by atoms with Crippen LogP contribution in [0.2, 0.25) is 5.02 Å². The molecule has 0 aliphatic rings. The van der Waals surface area contributed by atoms with Gasteiger partial charge in [0.1, 0.15) is 17.1 Å². The number of para-hydroxylation sites is 1. The van der Waals surface area contributed by atoms with Crippen LogP contribution in [0, 0.1) is 0 Å². The molecular weight excluding hydrogens is 454 g/mol. The molecule has 0 N–H and O–H groups in total. The summed E-state index contributed by atoms with van der Waals surface area (Å²) in [5.41, 5.74) is 1.54. The number of hydrogen-bond donors (Lipinski definition) is 0. The van der Waals surface area contributed by atoms with E-state index in [9.17, 15) is 4.79 Å². The number of ether oxygens (including phenoxy) is 2. The highest BCUT2D eigenvalue weighted by Crippen LogP contribution is 2.33. The molecule has 0 aliphatic carbocycles. The highest BCUT2D eigenvalue weighted by atomic mass is 35.5. The molecule has 7 nitrogen and oxygen atoms in total. The van der Waals surface area contributed by atoms with E-state index in [0.717, 1.165) is 5.39 Å². The molecule has 0 aliphatic heterocycles. The topological polar surface area (TPSA) is 78.8 Å². The first-order chi connectivity index (χ1) is 16.6. The van der Waals surface area contributed by atoms with Crippen LogP contribution in [0.25, 0.3) is 33.5 Å². The summed E-state index contributed by atoms with van der Waals surface area (Å²) in [6.07, 6.45) is 1.55. The zero-order valence-corrected chi connectivity index (χ0v) is 19.2. The number of methoxy groups -OCH3 is 1. The Labute approximate surface area is 199 Å². The van der Waals surface area contributed by atoms with Crippen molar-refractivity contribution in [3.63, 3.8) is 0 Å². The van der Waals surface area contributed by atoms with E-state index >= 15 is 0 Å². The standard InChI is InChI=1S/C26H20ClN3O4/c1-3-33-23-12-11-16(13-19(23)27)15-28-30-25(29-20-8-5-4-7-17(20)26(30)31)24-14-18-21(32-2)9-6-10-22(18)34-24/h4-15H,3H2,1-2H3. The largest absolute Gasteiger partial charge is 0.496 e. The third-order valence-corrected chi connectivity index (χ3v) is 5.59. The lowest BCUT2D eigenvalue weighted by Gasteiger charge is -2.08. The highest BCUT2D eigenvalue weighted by Gasteiger charge is 2.17. The minimum absolute atomic E-state index is 0.273. The molecule has 2 aromatic heterocycles. The average Bonchev–Trinajstić information content (AvgIpc) is 3.29. The molecule has 3 aromatic carbocycles. The van der Waals surface area contributed by atoms with E-state index < -0.39 is 0 Å². The van der Waals surface area contributed by atoms with Gasteiger partial charge in [-0.25, -0.2) is 4.98 Å². The molecule has 0 atom stereocenters. The van der Waals surface area contributed by atoms with Gasteiger partial charge in [-0.1, -0.05) is 29.8 Å². The van der Waals surface area contributed by atoms with Crippen LogP contribution < -0.4 is 15.0 Å². The summed E-state index contributed by atoms with van der Waals surface area (Å²) in [5.74, 6) is 1.91. The van der Waals surface area contributed by atoms with Crippen molar-refractivity contribution in [2.75, 3.05) is 13.7 Å². The van der Waals surface area contributed by atoms with Crippen molar-refractivity contribution in [2.45, 2.75) is 6.92 Å². The van der Waals surface area contributed by atoms with Gasteiger partial charge in [-0.05, 0) is 61.0 Å². The molecule has 5 aromatic rings. The molecule has 8 heteroatoms. The maximum Gasteiger partial charge on any atom is 0.282 e. The van der Waals surface area contributed by atoms with Crippen molar-refractivity contribution in [3.8, 4) is 23.1 Å². The molecule has 34 heavy (non-hydrogen) atoms. The first-order valence-corrected chi connectivity index (χ1v) is 11.0. The predicted molar refractivity (Wildman–Crippen MR) is 133 cm³/mol. The SMILES string of the molecule is CCOc1ccc(C=Nn2c(-c3cc4c(OC)cccc4o3)nc3ccccc3c2=O)cc1Cl. The van der Waals surface area contributed by atoms with Gasteiger partial charge in [0.25, 0.3) is 5.56 Å². The van der Waals surface area contributed by atoms with Gasteiger partial charge in [-0.15, -0.1) is 0 Å². The van der Waals surface area contributed by atoms with Gasteiger partial charge in [0.2, 0.25) is 5.82 Å². The number of fused-ring (bicyclic) bond motifs is 2. The number of benzene rings is 3. The minimum Gasteiger partial charge on any atom is -0.496 e. The monoisotopic (exact) mass is 473 g/mol. The fourth-order valence-corrected chi connectivity index (χ4v) is 3.95. The molecule has 0 spiro atoms. The van der Waals surface area contributed by atoms with Gasteiger partial charge in [-0.3, -0.25) is 4.79 Å². The Morgan fingerprint density at radius 3 is 2.71 bits per heavy atom. The number of rotatable bonds is 6. The molecule has 0 bridgehead atoms. The van der Waals surface area contributed by atoms with Crippen LogP contribution in [0.5, 0.6) is 11.5 Å². The molecule has 0 saturated carbocycles. The van der Waals surface area contributed by atoms with Gasteiger partial charge in [-0.2, -0.15) is 9.78 Å². The molecule has 0 radical (unpaired) electrons. The number of halogens is 1. The van der Waals surface area contributed by atoms with Crippen LogP contribution in [0.15, 0.2) is 81.0 Å². The summed E-state index contributed by atoms with van der Waals surface area (Å²) < 4.78 is 18.2. The van der Waals surface area contributed by atoms with E-state index in [0.29, 0.717) is 50.9 Å². The number of furan rings is 1. The Balaban J connectivity index is 1.68. The van der Waals surface area contributed by atoms with Crippen molar-refractivity contribution in [1.29, 1.82) is 0 Å². The Kier molecular flexibility index (Phi) is 5.77. The Bertz CT molecular complexity index is 1600. The van der Waals surface area contributed by atoms with Crippen LogP contribution in [-0.2, 0) is 0 Å². The van der Waals surface area contributed by atoms with E-state index in [1.54, 1.807) is 49.7 Å². The third kappa shape index (κ3) is 3.91. The van der Waals surface area contributed by atoms with Crippen LogP contribution in [0.3, 0.4) is 0 Å². The van der Waals surface area contributed by atoms with E-state index in [-0.39, 0.29) is 11.4 Å². The van der Waals surface area contributed by atoms with Crippen molar-refractivity contribution >= 4 is 39.7 Å². The molecular formula is C26H20ClN3O4. The van der Waals surface area contributed by atoms with E-state index in [2.05, 4.69) is 5.10 Å². The quantitative estimate of drug-likeness (QED) is 0.293. The minimum atomic E-state index is -0.318. The zero-order chi connectivity index (χ0) is 23.7. The molecule has 0 saturated heterocycles. The highest BCUT2D eigenvalue weighted by molar-refractivity contribution is 6.32. The van der Waals surface area contributed by atoms with E-state index in [4.69, 9.17) is 30.5 Å². The second kappa shape index (κ2) is 9.03. The first-order valence-electron chi connectivity index (χ1n) is 10.6. The zero-order valence-electron chi connectivity index (χ0n) is 18.5. The fourth-order valence-electron chi connectivity index (χ4n) is 3.71. The Hall–Kier alpha value is -4.10. The molecule has 0 amide bonds. The molecule has 5 rings (SSSR count). The fraction of sp³-hybridized carbons (Fsp3) is 0.115. The molecule has 170 valence electrons. The lowest BCUT2D eigenvalue weighted by atomic mass is 10.2. The van der Waals surface area contributed by atoms with Crippen LogP contribution >= 0.6 is 11.6 Å². The Morgan fingerprint density at radius 1 is 1.06 bits per heavy atom. The number of hydrogen-bond acceptors (Lipinski definition) is 6. The Morgan fingerprint density at radius 2 is 1.91 bits per heavy atom. The third-order valence-electron chi connectivity index (χ3n) is 5.29. The van der Waals surface area contributed by atoms with Gasteiger partial charge in [0.05, 0.1) is 41.2 Å². The van der Waals surface area contributed by atoms with Crippen LogP contribution in [-0.4, -0.2) is 29.6 Å². The maximum atomic E-state index is 13.4. The van der Waals surface area contributed by atoms with Crippen LogP contribution in [0.4, 0.5) is 0 Å². The summed E-state index contributed by atoms with van der Waals surface area (Å²) in [6, 6.07) is 19.7. The van der Waals surface area contributed by atoms with Crippen molar-refractivity contribution in [3.05, 3.63) is 87.7 Å². The maximum absolute atomic E-state index is 13.4. The summed E-state index contributed by atoms with van der Waals surface area (Å²) in [6.45, 7) is 2.40. The lowest BCUT2D eigenvalue weighted by Crippen LogP contribution is -2.20. The number of nitrogens with zero attached hydrogens (tertiary/aromatic N) is 3. The van der Waals surface area contributed by atoms with E-state index in [1.165, 1.54) is 4.68 Å². The summed E-state index contributed by atoms with van der Waals surface area (Å²) in [7, 11) is 1.60. The smallest absolute Gasteiger partial charge is 0.282 e. The van der Waals surface area contributed by atoms with Crippen molar-refractivity contribution in [2.24, 2.45) is 5.10 Å². The van der Waals surface area contributed by atoms with Crippen molar-refractivity contribution in [1.82, 2.24) is 9.66 Å². The molecule has 0 fully saturated rings. The number of aromatic nitrogens is 2. The second-order valence-corrected chi connectivity index (χ2v) is 7.83. The van der Waals surface area contributed by atoms with Crippen LogP contribution in [0.1, 0.15) is 12.5 Å². The second-order valence-electron chi connectivity index (χ2n) is 7.42. The lowest BCUT2D eigenvalue weighted by molar-refractivity contribution is 0.340. The summed E-state index contributed by atoms with van der Waals surface area (Å²) in [5, 5.41) is 6.14. The summed E-state index contributed by atoms with van der Waals surface area (Å²) >= 11 is 6.31. The van der Waals surface area contributed by atoms with Gasteiger partial charge >= 0.3 is 0 Å². The molecule has 2 heterocycles. The van der Waals surface area contributed by atoms with Gasteiger partial charge in [0, 0.05) is 0 Å². The van der Waals surface area contributed by atoms with Gasteiger partial charge < -0.3 is 13.9 Å². The normalized spacial score (nSPS) is 11.5. The molecule has 0 unspecified atom stereocenters. The predicted octanol–water partition coefficient (Wildman–Crippen LogP) is 5.75. The van der Waals surface area contributed by atoms with E-state index in [1.807, 2.05) is 37.3 Å². The summed E-state index contributed by atoms with van der Waals surface area (Å²) in [4.78, 5) is 18.1. The van der Waals surface area contributed by atoms with Crippen molar-refractivity contribution < 1.29 is 13.9 Å². The average molecular weight is 474 g/mol. The van der Waals surface area contributed by atoms with Gasteiger partial charge in [0.15, 0.2) is 5.76 Å². The first kappa shape index (κ1) is 21.7.